The van der Waals surface area contributed by atoms with Crippen LogP contribution < -0.4 is 16.8 Å². The average Bonchev–Trinajstić information content (AvgIpc) is 2.65. The van der Waals surface area contributed by atoms with Gasteiger partial charge in [0.25, 0.3) is 10.1 Å². The number of carbonyl (C=O) groups excluding carboxylic acids is 3. The number of primary amides is 1. The van der Waals surface area contributed by atoms with Crippen LogP contribution in [0.3, 0.4) is 0 Å². The maximum absolute atomic E-state index is 12.3. The molecule has 0 radical (unpaired) electrons. The lowest BCUT2D eigenvalue weighted by Gasteiger charge is -2.19. The molecule has 188 valence electrons. The molecule has 0 saturated heterocycles. The summed E-state index contributed by atoms with van der Waals surface area (Å²) in [5.74, 6) is -1.21. The van der Waals surface area contributed by atoms with Crippen LogP contribution in [0.15, 0.2) is 30.3 Å². The Morgan fingerprint density at radius 2 is 1.64 bits per heavy atom. The van der Waals surface area contributed by atoms with Gasteiger partial charge in [0.2, 0.25) is 11.8 Å². The molecule has 1 rings (SSSR count). The molecule has 33 heavy (non-hydrogen) atoms. The molecule has 6 N–H and O–H groups in total. The number of ether oxygens (including phenoxy) is 1. The zero-order valence-corrected chi connectivity index (χ0v) is 20.6. The maximum atomic E-state index is 12.3. The van der Waals surface area contributed by atoms with Gasteiger partial charge >= 0.3 is 5.97 Å². The van der Waals surface area contributed by atoms with Crippen LogP contribution in [-0.2, 0) is 35.7 Å². The normalized spacial score (nSPS) is 13.2. The molecular formula is C22H37N3O7S. The van der Waals surface area contributed by atoms with Gasteiger partial charge in [-0.05, 0) is 39.2 Å². The van der Waals surface area contributed by atoms with Crippen LogP contribution in [0.2, 0.25) is 0 Å². The van der Waals surface area contributed by atoms with Gasteiger partial charge in [0.05, 0.1) is 12.3 Å². The summed E-state index contributed by atoms with van der Waals surface area (Å²) in [6.07, 6.45) is 4.01. The minimum atomic E-state index is -3.67. The van der Waals surface area contributed by atoms with E-state index in [2.05, 4.69) is 5.32 Å². The van der Waals surface area contributed by atoms with Gasteiger partial charge in [0.15, 0.2) is 0 Å². The number of unbranched alkanes of at least 4 members (excludes halogenated alkanes) is 2. The van der Waals surface area contributed by atoms with Gasteiger partial charge in [-0.2, -0.15) is 8.42 Å². The lowest BCUT2D eigenvalue weighted by Crippen LogP contribution is -2.51. The van der Waals surface area contributed by atoms with E-state index in [1.54, 1.807) is 0 Å². The summed E-state index contributed by atoms with van der Waals surface area (Å²) < 4.78 is 31.1. The Kier molecular flexibility index (Phi) is 13.5. The first-order valence-corrected chi connectivity index (χ1v) is 12.5. The third kappa shape index (κ3) is 18.7. The monoisotopic (exact) mass is 487 g/mol. The summed E-state index contributed by atoms with van der Waals surface area (Å²) in [6, 6.07) is 7.81. The third-order valence-corrected chi connectivity index (χ3v) is 4.10. The smallest absolute Gasteiger partial charge is 0.306 e. The molecule has 1 aromatic carbocycles. The minimum Gasteiger partial charge on any atom is -0.460 e. The molecule has 0 aliphatic carbocycles. The molecule has 0 bridgehead atoms. The lowest BCUT2D eigenvalue weighted by atomic mass is 10.0. The Morgan fingerprint density at radius 3 is 2.12 bits per heavy atom. The predicted molar refractivity (Wildman–Crippen MR) is 126 cm³/mol. The minimum absolute atomic E-state index is 0.222. The molecule has 2 amide bonds. The first-order chi connectivity index (χ1) is 15.1. The summed E-state index contributed by atoms with van der Waals surface area (Å²) in [7, 11) is -3.67. The molecule has 2 atom stereocenters. The Balaban J connectivity index is 0.00000184. The molecular weight excluding hydrogens is 450 g/mol. The number of esters is 1. The fourth-order valence-electron chi connectivity index (χ4n) is 2.69. The Morgan fingerprint density at radius 1 is 1.09 bits per heavy atom. The van der Waals surface area contributed by atoms with E-state index in [-0.39, 0.29) is 5.97 Å². The van der Waals surface area contributed by atoms with Crippen LogP contribution in [0.4, 0.5) is 0 Å². The second kappa shape index (κ2) is 14.6. The van der Waals surface area contributed by atoms with Crippen LogP contribution in [0.25, 0.3) is 0 Å². The average molecular weight is 488 g/mol. The number of amides is 2. The highest BCUT2D eigenvalue weighted by molar-refractivity contribution is 7.85. The van der Waals surface area contributed by atoms with Crippen LogP contribution in [0, 0.1) is 0 Å². The second-order valence-electron chi connectivity index (χ2n) is 8.68. The van der Waals surface area contributed by atoms with Crippen LogP contribution in [0.5, 0.6) is 0 Å². The largest absolute Gasteiger partial charge is 0.460 e. The van der Waals surface area contributed by atoms with E-state index in [0.29, 0.717) is 38.4 Å². The van der Waals surface area contributed by atoms with Crippen molar-refractivity contribution in [3.63, 3.8) is 0 Å². The standard InChI is InChI=1S/C21H33N3O4.CH4O3S/c1-21(2,3)28-18(25)13-9-5-8-12-16(22)20(27)24-17(19(23)26)14-15-10-6-4-7-11-15;1-5(2,3)4/h4,6-7,10-11,16-17H,5,8-9,12-14,22H2,1-3H3,(H2,23,26)(H,24,27);1H3,(H,2,3,4)/t16-,17-;/m0./s1. The molecule has 0 unspecified atom stereocenters. The Labute approximate surface area is 196 Å². The van der Waals surface area contributed by atoms with E-state index in [0.717, 1.165) is 12.0 Å². The number of hydrogen-bond donors (Lipinski definition) is 4. The topological polar surface area (TPSA) is 179 Å². The fourth-order valence-corrected chi connectivity index (χ4v) is 2.69. The summed E-state index contributed by atoms with van der Waals surface area (Å²) >= 11 is 0. The highest BCUT2D eigenvalue weighted by atomic mass is 32.2. The number of rotatable bonds is 11. The third-order valence-electron chi connectivity index (χ3n) is 4.10. The van der Waals surface area contributed by atoms with Crippen molar-refractivity contribution in [2.75, 3.05) is 6.26 Å². The fraction of sp³-hybridized carbons (Fsp3) is 0.591. The van der Waals surface area contributed by atoms with E-state index >= 15 is 0 Å². The Hall–Kier alpha value is -2.50. The van der Waals surface area contributed by atoms with Crippen molar-refractivity contribution in [2.45, 2.75) is 77.0 Å². The predicted octanol–water partition coefficient (Wildman–Crippen LogP) is 1.32. The van der Waals surface area contributed by atoms with Crippen molar-refractivity contribution >= 4 is 27.9 Å². The summed E-state index contributed by atoms with van der Waals surface area (Å²) in [5, 5.41) is 2.64. The van der Waals surface area contributed by atoms with Gasteiger partial charge in [0.1, 0.15) is 11.6 Å². The second-order valence-corrected chi connectivity index (χ2v) is 10.1. The number of carbonyl (C=O) groups is 3. The van der Waals surface area contributed by atoms with Crippen molar-refractivity contribution in [1.29, 1.82) is 0 Å². The number of benzene rings is 1. The highest BCUT2D eigenvalue weighted by Gasteiger charge is 2.22. The number of nitrogens with one attached hydrogen (secondary N) is 1. The van der Waals surface area contributed by atoms with Crippen LogP contribution >= 0.6 is 0 Å². The van der Waals surface area contributed by atoms with Crippen LogP contribution in [-0.4, -0.2) is 54.7 Å². The molecule has 0 spiro atoms. The summed E-state index contributed by atoms with van der Waals surface area (Å²) in [5.41, 5.74) is 11.8. The number of hydrogen-bond acceptors (Lipinski definition) is 7. The zero-order chi connectivity index (χ0) is 25.7. The van der Waals surface area contributed by atoms with E-state index in [9.17, 15) is 22.8 Å². The molecule has 10 nitrogen and oxygen atoms in total. The molecule has 0 aliphatic heterocycles. The quantitative estimate of drug-likeness (QED) is 0.205. The first-order valence-electron chi connectivity index (χ1n) is 10.6. The molecule has 11 heteroatoms. The van der Waals surface area contributed by atoms with Gasteiger partial charge in [-0.3, -0.25) is 18.9 Å². The van der Waals surface area contributed by atoms with E-state index in [1.807, 2.05) is 51.1 Å². The Bertz CT molecular complexity index is 844. The highest BCUT2D eigenvalue weighted by Crippen LogP contribution is 2.12. The van der Waals surface area contributed by atoms with Crippen molar-refractivity contribution < 1.29 is 32.1 Å². The van der Waals surface area contributed by atoms with Gasteiger partial charge in [0, 0.05) is 12.8 Å². The van der Waals surface area contributed by atoms with E-state index in [4.69, 9.17) is 20.8 Å². The molecule has 0 saturated carbocycles. The molecule has 0 heterocycles. The first kappa shape index (κ1) is 30.5. The lowest BCUT2D eigenvalue weighted by molar-refractivity contribution is -0.155. The number of nitrogens with two attached hydrogens (primary N) is 2. The molecule has 0 aliphatic rings. The van der Waals surface area contributed by atoms with Crippen molar-refractivity contribution in [2.24, 2.45) is 11.5 Å². The van der Waals surface area contributed by atoms with Crippen molar-refractivity contribution in [1.82, 2.24) is 5.32 Å². The SMILES string of the molecule is CC(C)(C)OC(=O)CCCCC[C@H](N)C(=O)N[C@@H](Cc1ccccc1)C(N)=O.CS(=O)(=O)O. The van der Waals surface area contributed by atoms with Crippen molar-refractivity contribution in [3.8, 4) is 0 Å². The van der Waals surface area contributed by atoms with Crippen LogP contribution in [0.1, 0.15) is 58.4 Å². The summed E-state index contributed by atoms with van der Waals surface area (Å²) in [6.45, 7) is 5.50. The van der Waals surface area contributed by atoms with E-state index in [1.165, 1.54) is 0 Å². The molecule has 0 aromatic heterocycles. The van der Waals surface area contributed by atoms with Gasteiger partial charge in [-0.15, -0.1) is 0 Å². The molecule has 0 fully saturated rings. The molecule has 1 aromatic rings. The van der Waals surface area contributed by atoms with Gasteiger partial charge < -0.3 is 21.5 Å². The van der Waals surface area contributed by atoms with Crippen molar-refractivity contribution in [3.05, 3.63) is 35.9 Å². The van der Waals surface area contributed by atoms with Gasteiger partial charge in [-0.25, -0.2) is 0 Å². The summed E-state index contributed by atoms with van der Waals surface area (Å²) in [4.78, 5) is 35.5. The van der Waals surface area contributed by atoms with Gasteiger partial charge in [-0.1, -0.05) is 43.2 Å². The van der Waals surface area contributed by atoms with E-state index < -0.39 is 39.6 Å². The maximum Gasteiger partial charge on any atom is 0.306 e. The zero-order valence-electron chi connectivity index (χ0n) is 19.7.